The Hall–Kier alpha value is -0.820. The van der Waals surface area contributed by atoms with Crippen molar-refractivity contribution in [3.63, 3.8) is 0 Å². The van der Waals surface area contributed by atoms with Crippen LogP contribution < -0.4 is 5.73 Å². The second kappa shape index (κ2) is 3.10. The zero-order valence-electron chi connectivity index (χ0n) is 11.1. The molecule has 1 aliphatic rings. The zero-order chi connectivity index (χ0) is 12.2. The Balaban J connectivity index is 2.28. The molecular formula is C15H23N. The topological polar surface area (TPSA) is 26.0 Å². The van der Waals surface area contributed by atoms with E-state index in [-0.39, 0.29) is 16.4 Å². The summed E-state index contributed by atoms with van der Waals surface area (Å²) in [5.41, 5.74) is 9.45. The summed E-state index contributed by atoms with van der Waals surface area (Å²) < 4.78 is 0. The standard InChI is InChI=1S/C15H23N/c1-13(2,3)11-6-8-12(9-7-11)15(16)10-14(15,4)5/h6-9H,10,16H2,1-5H3. The number of benzene rings is 1. The van der Waals surface area contributed by atoms with Gasteiger partial charge in [0.1, 0.15) is 0 Å². The number of nitrogens with two attached hydrogens (primary N) is 1. The highest BCUT2D eigenvalue weighted by atomic mass is 14.9. The van der Waals surface area contributed by atoms with E-state index in [1.807, 2.05) is 0 Å². The monoisotopic (exact) mass is 217 g/mol. The molecule has 0 bridgehead atoms. The molecule has 1 saturated carbocycles. The summed E-state index contributed by atoms with van der Waals surface area (Å²) in [6, 6.07) is 8.85. The van der Waals surface area contributed by atoms with Crippen LogP contribution in [-0.2, 0) is 11.0 Å². The van der Waals surface area contributed by atoms with E-state index in [9.17, 15) is 0 Å². The molecule has 2 N–H and O–H groups in total. The van der Waals surface area contributed by atoms with Gasteiger partial charge in [-0.3, -0.25) is 0 Å². The van der Waals surface area contributed by atoms with E-state index in [2.05, 4.69) is 58.9 Å². The molecule has 0 heterocycles. The lowest BCUT2D eigenvalue weighted by Gasteiger charge is -2.21. The number of hydrogen-bond acceptors (Lipinski definition) is 1. The third-order valence-corrected chi connectivity index (χ3v) is 4.07. The summed E-state index contributed by atoms with van der Waals surface area (Å²) in [5.74, 6) is 0. The van der Waals surface area contributed by atoms with Gasteiger partial charge in [0.2, 0.25) is 0 Å². The molecule has 0 spiro atoms. The van der Waals surface area contributed by atoms with Gasteiger partial charge in [-0.2, -0.15) is 0 Å². The highest BCUT2D eigenvalue weighted by molar-refractivity contribution is 5.38. The Morgan fingerprint density at radius 3 is 1.81 bits per heavy atom. The minimum atomic E-state index is -0.0938. The quantitative estimate of drug-likeness (QED) is 0.764. The molecule has 1 aliphatic carbocycles. The van der Waals surface area contributed by atoms with Crippen LogP contribution in [-0.4, -0.2) is 0 Å². The first-order chi connectivity index (χ1) is 7.17. The van der Waals surface area contributed by atoms with Crippen molar-refractivity contribution in [3.8, 4) is 0 Å². The number of hydrogen-bond donors (Lipinski definition) is 1. The van der Waals surface area contributed by atoms with Crippen LogP contribution in [0.25, 0.3) is 0 Å². The Labute approximate surface area is 99.0 Å². The van der Waals surface area contributed by atoms with Crippen LogP contribution in [0.2, 0.25) is 0 Å². The maximum absolute atomic E-state index is 6.40. The van der Waals surface area contributed by atoms with Crippen LogP contribution in [0, 0.1) is 5.41 Å². The van der Waals surface area contributed by atoms with E-state index in [0.717, 1.165) is 6.42 Å². The molecule has 1 atom stereocenters. The average Bonchev–Trinajstić information content (AvgIpc) is 2.66. The maximum Gasteiger partial charge on any atom is 0.0468 e. The second-order valence-electron chi connectivity index (χ2n) is 6.86. The molecule has 1 unspecified atom stereocenters. The summed E-state index contributed by atoms with van der Waals surface area (Å²) >= 11 is 0. The largest absolute Gasteiger partial charge is 0.321 e. The van der Waals surface area contributed by atoms with Crippen LogP contribution in [0.4, 0.5) is 0 Å². The molecule has 0 radical (unpaired) electrons. The van der Waals surface area contributed by atoms with Crippen LogP contribution in [0.3, 0.4) is 0 Å². The highest BCUT2D eigenvalue weighted by Crippen LogP contribution is 2.60. The van der Waals surface area contributed by atoms with Gasteiger partial charge in [-0.1, -0.05) is 58.9 Å². The van der Waals surface area contributed by atoms with Crippen molar-refractivity contribution < 1.29 is 0 Å². The molecule has 0 saturated heterocycles. The van der Waals surface area contributed by atoms with Crippen molar-refractivity contribution in [2.24, 2.45) is 11.1 Å². The maximum atomic E-state index is 6.40. The average molecular weight is 217 g/mol. The van der Waals surface area contributed by atoms with Gasteiger partial charge in [0.15, 0.2) is 0 Å². The van der Waals surface area contributed by atoms with Crippen LogP contribution in [0.15, 0.2) is 24.3 Å². The fourth-order valence-corrected chi connectivity index (χ4v) is 2.41. The zero-order valence-corrected chi connectivity index (χ0v) is 11.1. The van der Waals surface area contributed by atoms with Gasteiger partial charge in [-0.25, -0.2) is 0 Å². The molecule has 1 aromatic rings. The minimum absolute atomic E-state index is 0.0938. The molecular weight excluding hydrogens is 194 g/mol. The van der Waals surface area contributed by atoms with Gasteiger partial charge in [-0.05, 0) is 28.4 Å². The van der Waals surface area contributed by atoms with Crippen LogP contribution >= 0.6 is 0 Å². The molecule has 0 aromatic heterocycles. The van der Waals surface area contributed by atoms with E-state index in [1.54, 1.807) is 0 Å². The number of rotatable bonds is 1. The van der Waals surface area contributed by atoms with Crippen LogP contribution in [0.1, 0.15) is 52.2 Å². The van der Waals surface area contributed by atoms with E-state index in [0.29, 0.717) is 0 Å². The fourth-order valence-electron chi connectivity index (χ4n) is 2.41. The molecule has 88 valence electrons. The molecule has 0 aliphatic heterocycles. The lowest BCUT2D eigenvalue weighted by molar-refractivity contribution is 0.509. The molecule has 1 fully saturated rings. The lowest BCUT2D eigenvalue weighted by Crippen LogP contribution is -2.25. The molecule has 16 heavy (non-hydrogen) atoms. The van der Waals surface area contributed by atoms with Crippen molar-refractivity contribution in [1.82, 2.24) is 0 Å². The second-order valence-corrected chi connectivity index (χ2v) is 6.86. The predicted molar refractivity (Wildman–Crippen MR) is 69.4 cm³/mol. The predicted octanol–water partition coefficient (Wildman–Crippen LogP) is 3.57. The Morgan fingerprint density at radius 2 is 1.50 bits per heavy atom. The van der Waals surface area contributed by atoms with E-state index >= 15 is 0 Å². The van der Waals surface area contributed by atoms with Crippen LogP contribution in [0.5, 0.6) is 0 Å². The molecule has 2 rings (SSSR count). The summed E-state index contributed by atoms with van der Waals surface area (Å²) in [6.45, 7) is 11.2. The smallest absolute Gasteiger partial charge is 0.0468 e. The highest BCUT2D eigenvalue weighted by Gasteiger charge is 2.59. The van der Waals surface area contributed by atoms with E-state index in [4.69, 9.17) is 5.73 Å². The van der Waals surface area contributed by atoms with Gasteiger partial charge < -0.3 is 5.73 Å². The molecule has 1 nitrogen and oxygen atoms in total. The lowest BCUT2D eigenvalue weighted by atomic mass is 9.85. The first-order valence-corrected chi connectivity index (χ1v) is 6.07. The van der Waals surface area contributed by atoms with Gasteiger partial charge >= 0.3 is 0 Å². The molecule has 1 heteroatoms. The van der Waals surface area contributed by atoms with E-state index in [1.165, 1.54) is 11.1 Å². The first kappa shape index (κ1) is 11.7. The van der Waals surface area contributed by atoms with Crippen molar-refractivity contribution in [3.05, 3.63) is 35.4 Å². The molecule has 0 amide bonds. The van der Waals surface area contributed by atoms with Gasteiger partial charge in [0, 0.05) is 5.54 Å². The third kappa shape index (κ3) is 1.67. The van der Waals surface area contributed by atoms with E-state index < -0.39 is 0 Å². The minimum Gasteiger partial charge on any atom is -0.321 e. The fraction of sp³-hybridized carbons (Fsp3) is 0.600. The Bertz CT molecular complexity index is 394. The Kier molecular flexibility index (Phi) is 2.26. The first-order valence-electron chi connectivity index (χ1n) is 6.07. The third-order valence-electron chi connectivity index (χ3n) is 4.07. The summed E-state index contributed by atoms with van der Waals surface area (Å²) in [4.78, 5) is 0. The van der Waals surface area contributed by atoms with Crippen molar-refractivity contribution >= 4 is 0 Å². The SMILES string of the molecule is CC(C)(C)c1ccc(C2(N)CC2(C)C)cc1. The van der Waals surface area contributed by atoms with Crippen molar-refractivity contribution in [1.29, 1.82) is 0 Å². The van der Waals surface area contributed by atoms with Crippen molar-refractivity contribution in [2.45, 2.75) is 52.0 Å². The van der Waals surface area contributed by atoms with Gasteiger partial charge in [0.25, 0.3) is 0 Å². The van der Waals surface area contributed by atoms with Gasteiger partial charge in [-0.15, -0.1) is 0 Å². The van der Waals surface area contributed by atoms with Crippen molar-refractivity contribution in [2.75, 3.05) is 0 Å². The summed E-state index contributed by atoms with van der Waals surface area (Å²) in [7, 11) is 0. The Morgan fingerprint density at radius 1 is 1.06 bits per heavy atom. The summed E-state index contributed by atoms with van der Waals surface area (Å²) in [5, 5.41) is 0. The van der Waals surface area contributed by atoms with Gasteiger partial charge in [0.05, 0.1) is 0 Å². The molecule has 1 aromatic carbocycles. The normalized spacial score (nSPS) is 27.9. The summed E-state index contributed by atoms with van der Waals surface area (Å²) in [6.07, 6.45) is 1.09.